The van der Waals surface area contributed by atoms with E-state index in [1.54, 1.807) is 14.2 Å². The van der Waals surface area contributed by atoms with E-state index in [9.17, 15) is 4.79 Å². The molecule has 0 radical (unpaired) electrons. The molecule has 1 amide bonds. The van der Waals surface area contributed by atoms with Crippen LogP contribution in [0.1, 0.15) is 16.7 Å². The number of rotatable bonds is 9. The minimum absolute atomic E-state index is 0.0190. The first kappa shape index (κ1) is 20.7. The number of nitrogens with one attached hydrogen (secondary N) is 2. The molecule has 0 bridgehead atoms. The minimum Gasteiger partial charge on any atom is -0.493 e. The monoisotopic (exact) mass is 395 g/mol. The number of methoxy groups -OCH3 is 2. The van der Waals surface area contributed by atoms with Crippen molar-refractivity contribution in [2.24, 2.45) is 0 Å². The molecule has 2 aromatic carbocycles. The van der Waals surface area contributed by atoms with E-state index < -0.39 is 0 Å². The van der Waals surface area contributed by atoms with Crippen molar-refractivity contribution in [1.29, 1.82) is 0 Å². The van der Waals surface area contributed by atoms with Crippen LogP contribution in [0.4, 0.5) is 0 Å². The Balaban J connectivity index is 1.50. The Kier molecular flexibility index (Phi) is 6.77. The first-order valence-corrected chi connectivity index (χ1v) is 9.73. The summed E-state index contributed by atoms with van der Waals surface area (Å²) < 4.78 is 10.7. The van der Waals surface area contributed by atoms with Gasteiger partial charge in [-0.2, -0.15) is 0 Å². The van der Waals surface area contributed by atoms with Crippen LogP contribution in [-0.2, 0) is 17.8 Å². The van der Waals surface area contributed by atoms with Gasteiger partial charge in [0, 0.05) is 30.2 Å². The Morgan fingerprint density at radius 1 is 1.10 bits per heavy atom. The number of nitrogens with zero attached hydrogens (tertiary/aromatic N) is 1. The lowest BCUT2D eigenvalue weighted by molar-refractivity contribution is -0.122. The predicted octanol–water partition coefficient (Wildman–Crippen LogP) is 3.28. The Morgan fingerprint density at radius 3 is 2.59 bits per heavy atom. The van der Waals surface area contributed by atoms with Gasteiger partial charge in [0.1, 0.15) is 0 Å². The highest BCUT2D eigenvalue weighted by molar-refractivity contribution is 5.83. The number of benzene rings is 2. The molecule has 0 unspecified atom stereocenters. The average molecular weight is 396 g/mol. The van der Waals surface area contributed by atoms with Crippen LogP contribution in [0.15, 0.2) is 42.6 Å². The van der Waals surface area contributed by atoms with Crippen molar-refractivity contribution in [3.8, 4) is 11.5 Å². The summed E-state index contributed by atoms with van der Waals surface area (Å²) in [7, 11) is 5.20. The number of fused-ring (bicyclic) bond motifs is 1. The van der Waals surface area contributed by atoms with Gasteiger partial charge in [-0.05, 0) is 55.3 Å². The summed E-state index contributed by atoms with van der Waals surface area (Å²) in [6.45, 7) is 3.64. The lowest BCUT2D eigenvalue weighted by Crippen LogP contribution is -2.35. The second-order valence-electron chi connectivity index (χ2n) is 7.27. The van der Waals surface area contributed by atoms with E-state index in [4.69, 9.17) is 9.47 Å². The molecule has 6 heteroatoms. The highest BCUT2D eigenvalue weighted by Gasteiger charge is 2.12. The standard InChI is InChI=1S/C23H29N3O3/c1-16-11-21(28-3)22(29-4)12-18(16)14-26(2)15-23(27)24-10-9-17-13-25-20-8-6-5-7-19(17)20/h5-8,11-13,25H,9-10,14-15H2,1-4H3,(H,24,27). The zero-order valence-corrected chi connectivity index (χ0v) is 17.5. The molecule has 3 rings (SSSR count). The second kappa shape index (κ2) is 9.47. The average Bonchev–Trinajstić information content (AvgIpc) is 3.12. The minimum atomic E-state index is 0.0190. The van der Waals surface area contributed by atoms with Gasteiger partial charge >= 0.3 is 0 Å². The molecule has 0 saturated heterocycles. The number of ether oxygens (including phenoxy) is 2. The molecular weight excluding hydrogens is 366 g/mol. The molecule has 1 aromatic heterocycles. The number of para-hydroxylation sites is 1. The molecule has 3 aromatic rings. The maximum Gasteiger partial charge on any atom is 0.234 e. The number of carbonyl (C=O) groups is 1. The van der Waals surface area contributed by atoms with Gasteiger partial charge in [0.15, 0.2) is 11.5 Å². The molecule has 0 atom stereocenters. The van der Waals surface area contributed by atoms with Gasteiger partial charge in [-0.1, -0.05) is 18.2 Å². The molecule has 2 N–H and O–H groups in total. The van der Waals surface area contributed by atoms with Gasteiger partial charge in [-0.25, -0.2) is 0 Å². The highest BCUT2D eigenvalue weighted by Crippen LogP contribution is 2.30. The van der Waals surface area contributed by atoms with Crippen molar-refractivity contribution in [3.05, 3.63) is 59.3 Å². The number of hydrogen-bond donors (Lipinski definition) is 2. The molecule has 0 aliphatic carbocycles. The molecular formula is C23H29N3O3. The van der Waals surface area contributed by atoms with E-state index in [2.05, 4.69) is 22.4 Å². The van der Waals surface area contributed by atoms with E-state index in [1.807, 2.05) is 49.3 Å². The summed E-state index contributed by atoms with van der Waals surface area (Å²) in [6, 6.07) is 12.1. The van der Waals surface area contributed by atoms with Gasteiger partial charge in [0.25, 0.3) is 0 Å². The van der Waals surface area contributed by atoms with Crippen LogP contribution < -0.4 is 14.8 Å². The van der Waals surface area contributed by atoms with Gasteiger partial charge < -0.3 is 19.8 Å². The lowest BCUT2D eigenvalue weighted by atomic mass is 10.1. The van der Waals surface area contributed by atoms with Gasteiger partial charge in [0.05, 0.1) is 20.8 Å². The Labute approximate surface area is 171 Å². The lowest BCUT2D eigenvalue weighted by Gasteiger charge is -2.19. The van der Waals surface area contributed by atoms with Crippen molar-refractivity contribution in [1.82, 2.24) is 15.2 Å². The Hall–Kier alpha value is -2.99. The van der Waals surface area contributed by atoms with E-state index in [1.165, 1.54) is 10.9 Å². The van der Waals surface area contributed by atoms with Crippen LogP contribution in [0.3, 0.4) is 0 Å². The summed E-state index contributed by atoms with van der Waals surface area (Å²) in [6.07, 6.45) is 2.82. The fourth-order valence-corrected chi connectivity index (χ4v) is 3.52. The maximum atomic E-state index is 12.3. The molecule has 1 heterocycles. The first-order chi connectivity index (χ1) is 14.0. The SMILES string of the molecule is COc1cc(C)c(CN(C)CC(=O)NCCc2c[nH]c3ccccc23)cc1OC. The number of carbonyl (C=O) groups excluding carboxylic acids is 1. The molecule has 0 spiro atoms. The molecule has 6 nitrogen and oxygen atoms in total. The molecule has 29 heavy (non-hydrogen) atoms. The number of H-pyrrole nitrogens is 1. The summed E-state index contributed by atoms with van der Waals surface area (Å²) in [5, 5.41) is 4.23. The number of amides is 1. The number of aromatic amines is 1. The highest BCUT2D eigenvalue weighted by atomic mass is 16.5. The third-order valence-corrected chi connectivity index (χ3v) is 5.09. The topological polar surface area (TPSA) is 66.6 Å². The smallest absolute Gasteiger partial charge is 0.234 e. The van der Waals surface area contributed by atoms with Crippen LogP contribution in [0, 0.1) is 6.92 Å². The van der Waals surface area contributed by atoms with Crippen LogP contribution in [-0.4, -0.2) is 50.1 Å². The van der Waals surface area contributed by atoms with Crippen molar-refractivity contribution >= 4 is 16.8 Å². The number of likely N-dealkylation sites (N-methyl/N-ethyl adjacent to an activating group) is 1. The third-order valence-electron chi connectivity index (χ3n) is 5.09. The third kappa shape index (κ3) is 5.09. The van der Waals surface area contributed by atoms with Crippen LogP contribution in [0.2, 0.25) is 0 Å². The number of hydrogen-bond acceptors (Lipinski definition) is 4. The van der Waals surface area contributed by atoms with Gasteiger partial charge in [-0.3, -0.25) is 9.69 Å². The zero-order valence-electron chi connectivity index (χ0n) is 17.5. The van der Waals surface area contributed by atoms with Crippen molar-refractivity contribution in [2.75, 3.05) is 34.4 Å². The molecule has 0 aliphatic rings. The largest absolute Gasteiger partial charge is 0.493 e. The Morgan fingerprint density at radius 2 is 1.83 bits per heavy atom. The fourth-order valence-electron chi connectivity index (χ4n) is 3.52. The van der Waals surface area contributed by atoms with E-state index in [-0.39, 0.29) is 5.91 Å². The predicted molar refractivity (Wildman–Crippen MR) is 116 cm³/mol. The maximum absolute atomic E-state index is 12.3. The van der Waals surface area contributed by atoms with E-state index in [0.29, 0.717) is 31.1 Å². The number of aromatic nitrogens is 1. The summed E-state index contributed by atoms with van der Waals surface area (Å²) in [4.78, 5) is 17.6. The first-order valence-electron chi connectivity index (χ1n) is 9.73. The van der Waals surface area contributed by atoms with Crippen molar-refractivity contribution in [2.45, 2.75) is 19.9 Å². The molecule has 0 aliphatic heterocycles. The quantitative estimate of drug-likeness (QED) is 0.584. The van der Waals surface area contributed by atoms with Crippen molar-refractivity contribution in [3.63, 3.8) is 0 Å². The Bertz CT molecular complexity index is 981. The van der Waals surface area contributed by atoms with Gasteiger partial charge in [0.2, 0.25) is 5.91 Å². The number of aryl methyl sites for hydroxylation is 1. The molecule has 0 fully saturated rings. The molecule has 0 saturated carbocycles. The van der Waals surface area contributed by atoms with Crippen LogP contribution in [0.5, 0.6) is 11.5 Å². The van der Waals surface area contributed by atoms with Gasteiger partial charge in [-0.15, -0.1) is 0 Å². The summed E-state index contributed by atoms with van der Waals surface area (Å²) in [5.74, 6) is 1.43. The normalized spacial score (nSPS) is 11.1. The van der Waals surface area contributed by atoms with E-state index >= 15 is 0 Å². The van der Waals surface area contributed by atoms with Crippen LogP contribution >= 0.6 is 0 Å². The van der Waals surface area contributed by atoms with E-state index in [0.717, 1.165) is 23.1 Å². The fraction of sp³-hybridized carbons (Fsp3) is 0.348. The van der Waals surface area contributed by atoms with Crippen molar-refractivity contribution < 1.29 is 14.3 Å². The summed E-state index contributed by atoms with van der Waals surface area (Å²) in [5.41, 5.74) is 4.56. The second-order valence-corrected chi connectivity index (χ2v) is 7.27. The zero-order chi connectivity index (χ0) is 20.8. The summed E-state index contributed by atoms with van der Waals surface area (Å²) >= 11 is 0. The van der Waals surface area contributed by atoms with Crippen LogP contribution in [0.25, 0.3) is 10.9 Å². The molecule has 154 valence electrons.